The first-order valence-electron chi connectivity index (χ1n) is 4.76. The van der Waals surface area contributed by atoms with Crippen LogP contribution in [0.4, 0.5) is 18.9 Å². The molecule has 0 saturated carbocycles. The summed E-state index contributed by atoms with van der Waals surface area (Å²) in [5.74, 6) is -1.55. The molecule has 1 atom stereocenters. The summed E-state index contributed by atoms with van der Waals surface area (Å²) < 4.78 is 38.4. The molecular weight excluding hydrogens is 257 g/mol. The highest BCUT2D eigenvalue weighted by Crippen LogP contribution is 2.45. The first kappa shape index (κ1) is 12.2. The number of amides is 1. The molecule has 1 aromatic carbocycles. The lowest BCUT2D eigenvalue weighted by molar-refractivity contribution is -0.138. The van der Waals surface area contributed by atoms with Crippen LogP contribution in [-0.2, 0) is 11.0 Å². The third kappa shape index (κ3) is 1.87. The van der Waals surface area contributed by atoms with Crippen LogP contribution in [0.5, 0.6) is 0 Å². The topological polar surface area (TPSA) is 55.1 Å². The molecule has 0 aliphatic carbocycles. The van der Waals surface area contributed by atoms with Crippen LogP contribution in [0.15, 0.2) is 12.1 Å². The van der Waals surface area contributed by atoms with Gasteiger partial charge in [0, 0.05) is 12.1 Å². The van der Waals surface area contributed by atoms with Crippen molar-refractivity contribution in [2.75, 3.05) is 11.9 Å². The van der Waals surface area contributed by atoms with Crippen LogP contribution in [0, 0.1) is 0 Å². The fraction of sp³-hybridized carbons (Fsp3) is 0.300. The number of anilines is 1. The van der Waals surface area contributed by atoms with Crippen molar-refractivity contribution in [3.63, 3.8) is 0 Å². The SMILES string of the molecule is NCC1C(=O)Nc2c(Cl)ccc(C(F)(F)F)c21. The Morgan fingerprint density at radius 1 is 1.41 bits per heavy atom. The van der Waals surface area contributed by atoms with Crippen molar-refractivity contribution in [2.45, 2.75) is 12.1 Å². The monoisotopic (exact) mass is 264 g/mol. The predicted octanol–water partition coefficient (Wildman–Crippen LogP) is 2.35. The molecule has 0 bridgehead atoms. The molecule has 1 aromatic rings. The van der Waals surface area contributed by atoms with Crippen LogP contribution in [-0.4, -0.2) is 12.5 Å². The van der Waals surface area contributed by atoms with Crippen molar-refractivity contribution in [2.24, 2.45) is 5.73 Å². The number of halogens is 4. The molecule has 1 aliphatic heterocycles. The fourth-order valence-corrected chi connectivity index (χ4v) is 2.11. The summed E-state index contributed by atoms with van der Waals surface area (Å²) in [5.41, 5.74) is 4.32. The molecule has 1 amide bonds. The minimum absolute atomic E-state index is 0.0157. The van der Waals surface area contributed by atoms with Crippen molar-refractivity contribution in [3.05, 3.63) is 28.3 Å². The van der Waals surface area contributed by atoms with Gasteiger partial charge in [0.25, 0.3) is 0 Å². The number of hydrogen-bond acceptors (Lipinski definition) is 2. The number of benzene rings is 1. The molecule has 1 heterocycles. The first-order chi connectivity index (χ1) is 7.86. The second-order valence-corrected chi connectivity index (χ2v) is 4.07. The lowest BCUT2D eigenvalue weighted by Crippen LogP contribution is -2.22. The average Bonchev–Trinajstić information content (AvgIpc) is 2.54. The number of alkyl halides is 3. The standard InChI is InChI=1S/C10H8ClF3N2O/c11-6-2-1-5(10(12,13)14)7-4(3-15)9(17)16-8(6)7/h1-2,4H,3,15H2,(H,16,17). The number of nitrogens with one attached hydrogen (secondary N) is 1. The Hall–Kier alpha value is -1.27. The van der Waals surface area contributed by atoms with Crippen LogP contribution >= 0.6 is 11.6 Å². The lowest BCUT2D eigenvalue weighted by Gasteiger charge is -2.15. The van der Waals surface area contributed by atoms with E-state index in [-0.39, 0.29) is 22.8 Å². The Morgan fingerprint density at radius 2 is 2.06 bits per heavy atom. The van der Waals surface area contributed by atoms with Gasteiger partial charge in [-0.1, -0.05) is 11.6 Å². The summed E-state index contributed by atoms with van der Waals surface area (Å²) in [7, 11) is 0. The molecule has 92 valence electrons. The van der Waals surface area contributed by atoms with E-state index in [0.717, 1.165) is 12.1 Å². The Balaban J connectivity index is 2.68. The molecule has 0 saturated heterocycles. The van der Waals surface area contributed by atoms with Gasteiger partial charge >= 0.3 is 6.18 Å². The van der Waals surface area contributed by atoms with Crippen molar-refractivity contribution < 1.29 is 18.0 Å². The second-order valence-electron chi connectivity index (χ2n) is 3.66. The second kappa shape index (κ2) is 3.89. The highest BCUT2D eigenvalue weighted by atomic mass is 35.5. The molecule has 3 N–H and O–H groups in total. The summed E-state index contributed by atoms with van der Waals surface area (Å²) in [5, 5.41) is 2.41. The number of carbonyl (C=O) groups excluding carboxylic acids is 1. The zero-order chi connectivity index (χ0) is 12.8. The van der Waals surface area contributed by atoms with Gasteiger partial charge in [0.05, 0.1) is 22.2 Å². The number of carbonyl (C=O) groups is 1. The number of rotatable bonds is 1. The van der Waals surface area contributed by atoms with Crippen LogP contribution in [0.3, 0.4) is 0 Å². The van der Waals surface area contributed by atoms with Gasteiger partial charge < -0.3 is 11.1 Å². The van der Waals surface area contributed by atoms with Crippen molar-refractivity contribution in [1.82, 2.24) is 0 Å². The quantitative estimate of drug-likeness (QED) is 0.818. The van der Waals surface area contributed by atoms with Gasteiger partial charge in [-0.3, -0.25) is 4.79 Å². The maximum absolute atomic E-state index is 12.8. The smallest absolute Gasteiger partial charge is 0.329 e. The molecule has 1 aliphatic rings. The average molecular weight is 265 g/mol. The van der Waals surface area contributed by atoms with Crippen LogP contribution in [0.25, 0.3) is 0 Å². The summed E-state index contributed by atoms with van der Waals surface area (Å²) in [4.78, 5) is 11.5. The molecule has 17 heavy (non-hydrogen) atoms. The zero-order valence-electron chi connectivity index (χ0n) is 8.44. The highest BCUT2D eigenvalue weighted by molar-refractivity contribution is 6.34. The largest absolute Gasteiger partial charge is 0.416 e. The summed E-state index contributed by atoms with van der Waals surface area (Å²) in [6.45, 7) is -0.192. The van der Waals surface area contributed by atoms with E-state index < -0.39 is 23.6 Å². The van der Waals surface area contributed by atoms with Crippen molar-refractivity contribution in [3.8, 4) is 0 Å². The number of hydrogen-bond donors (Lipinski definition) is 2. The number of nitrogens with two attached hydrogens (primary N) is 1. The van der Waals surface area contributed by atoms with E-state index in [9.17, 15) is 18.0 Å². The van der Waals surface area contributed by atoms with E-state index >= 15 is 0 Å². The Kier molecular flexibility index (Phi) is 2.79. The van der Waals surface area contributed by atoms with E-state index in [1.54, 1.807) is 0 Å². The lowest BCUT2D eigenvalue weighted by atomic mass is 9.95. The molecule has 7 heteroatoms. The van der Waals surface area contributed by atoms with Gasteiger partial charge in [-0.2, -0.15) is 13.2 Å². The van der Waals surface area contributed by atoms with Gasteiger partial charge in [-0.25, -0.2) is 0 Å². The van der Waals surface area contributed by atoms with Gasteiger partial charge in [-0.15, -0.1) is 0 Å². The van der Waals surface area contributed by atoms with Crippen molar-refractivity contribution >= 4 is 23.2 Å². The van der Waals surface area contributed by atoms with E-state index in [0.29, 0.717) is 0 Å². The molecule has 3 nitrogen and oxygen atoms in total. The van der Waals surface area contributed by atoms with Crippen LogP contribution in [0.1, 0.15) is 17.0 Å². The molecule has 0 fully saturated rings. The zero-order valence-corrected chi connectivity index (χ0v) is 9.19. The molecule has 0 aromatic heterocycles. The van der Waals surface area contributed by atoms with Gasteiger partial charge in [-0.05, 0) is 12.1 Å². The molecule has 2 rings (SSSR count). The summed E-state index contributed by atoms with van der Waals surface area (Å²) in [6, 6.07) is 1.98. The maximum atomic E-state index is 12.8. The van der Waals surface area contributed by atoms with Gasteiger partial charge in [0.1, 0.15) is 0 Å². The van der Waals surface area contributed by atoms with E-state index in [4.69, 9.17) is 17.3 Å². The first-order valence-corrected chi connectivity index (χ1v) is 5.14. The summed E-state index contributed by atoms with van der Waals surface area (Å²) >= 11 is 5.76. The number of fused-ring (bicyclic) bond motifs is 1. The summed E-state index contributed by atoms with van der Waals surface area (Å²) in [6.07, 6.45) is -4.53. The Bertz CT molecular complexity index is 487. The van der Waals surface area contributed by atoms with Crippen LogP contribution in [0.2, 0.25) is 5.02 Å². The molecule has 0 spiro atoms. The van der Waals surface area contributed by atoms with E-state index in [2.05, 4.69) is 5.32 Å². The van der Waals surface area contributed by atoms with Gasteiger partial charge in [0.15, 0.2) is 0 Å². The van der Waals surface area contributed by atoms with Crippen molar-refractivity contribution in [1.29, 1.82) is 0 Å². The predicted molar refractivity (Wildman–Crippen MR) is 56.9 cm³/mol. The van der Waals surface area contributed by atoms with E-state index in [1.165, 1.54) is 0 Å². The Labute approximate surface area is 99.7 Å². The highest BCUT2D eigenvalue weighted by Gasteiger charge is 2.42. The minimum atomic E-state index is -4.53. The Morgan fingerprint density at radius 3 is 2.59 bits per heavy atom. The normalized spacial score (nSPS) is 19.1. The molecule has 0 radical (unpaired) electrons. The molecule has 1 unspecified atom stereocenters. The van der Waals surface area contributed by atoms with E-state index in [1.807, 2.05) is 0 Å². The fourth-order valence-electron chi connectivity index (χ4n) is 1.90. The third-order valence-electron chi connectivity index (χ3n) is 2.65. The maximum Gasteiger partial charge on any atom is 0.416 e. The third-order valence-corrected chi connectivity index (χ3v) is 2.96. The van der Waals surface area contributed by atoms with Crippen LogP contribution < -0.4 is 11.1 Å². The minimum Gasteiger partial charge on any atom is -0.329 e. The molecular formula is C10H8ClF3N2O. The van der Waals surface area contributed by atoms with Gasteiger partial charge in [0.2, 0.25) is 5.91 Å².